The van der Waals surface area contributed by atoms with Crippen LogP contribution in [0.15, 0.2) is 66.7 Å². The molecule has 0 bridgehead atoms. The third-order valence-electron chi connectivity index (χ3n) is 7.17. The summed E-state index contributed by atoms with van der Waals surface area (Å²) in [5, 5.41) is 3.00. The first-order chi connectivity index (χ1) is 18.3. The number of nitrogens with one attached hydrogen (secondary N) is 1. The van der Waals surface area contributed by atoms with Crippen LogP contribution in [0.2, 0.25) is 0 Å². The number of carbonyl (C=O) groups excluding carboxylic acids is 2. The van der Waals surface area contributed by atoms with Gasteiger partial charge in [0.25, 0.3) is 0 Å². The molecule has 1 N–H and O–H groups in total. The van der Waals surface area contributed by atoms with E-state index in [4.69, 9.17) is 9.47 Å². The lowest BCUT2D eigenvalue weighted by atomic mass is 9.84. The van der Waals surface area contributed by atoms with Crippen LogP contribution in [-0.4, -0.2) is 47.7 Å². The highest BCUT2D eigenvalue weighted by molar-refractivity contribution is 5.79. The van der Waals surface area contributed by atoms with Gasteiger partial charge in [0.2, 0.25) is 5.91 Å². The second-order valence-electron chi connectivity index (χ2n) is 9.85. The number of hydrogen-bond acceptors (Lipinski definition) is 4. The van der Waals surface area contributed by atoms with Crippen LogP contribution in [0.5, 0.6) is 0 Å². The maximum atomic E-state index is 15.8. The van der Waals surface area contributed by atoms with Crippen molar-refractivity contribution in [3.05, 3.63) is 95.3 Å². The molecule has 9 heteroatoms. The van der Waals surface area contributed by atoms with E-state index in [1.165, 1.54) is 11.0 Å². The lowest BCUT2D eigenvalue weighted by Gasteiger charge is -2.41. The maximum absolute atomic E-state index is 15.8. The first-order valence-electron chi connectivity index (χ1n) is 12.4. The van der Waals surface area contributed by atoms with Crippen molar-refractivity contribution in [3.63, 3.8) is 0 Å². The summed E-state index contributed by atoms with van der Waals surface area (Å²) in [4.78, 5) is 27.3. The first kappa shape index (κ1) is 25.8. The average molecular weight is 525 g/mol. The zero-order valence-electron chi connectivity index (χ0n) is 20.8. The van der Waals surface area contributed by atoms with Crippen molar-refractivity contribution in [2.75, 3.05) is 13.2 Å². The quantitative estimate of drug-likeness (QED) is 0.510. The molecule has 2 amide bonds. The summed E-state index contributed by atoms with van der Waals surface area (Å²) in [5.74, 6) is -2.61. The molecule has 2 saturated heterocycles. The van der Waals surface area contributed by atoms with E-state index in [1.807, 2.05) is 37.3 Å². The van der Waals surface area contributed by atoms with E-state index in [1.54, 1.807) is 12.1 Å². The Bertz CT molecular complexity index is 1330. The number of nitrogens with zero attached hydrogens (tertiary/aromatic N) is 1. The number of likely N-dealkylation sites (tertiary alicyclic amines) is 1. The van der Waals surface area contributed by atoms with Gasteiger partial charge in [0.05, 0.1) is 18.2 Å². The summed E-state index contributed by atoms with van der Waals surface area (Å²) >= 11 is 0. The predicted octanol–water partition coefficient (Wildman–Crippen LogP) is 5.00. The van der Waals surface area contributed by atoms with E-state index in [0.29, 0.717) is 6.42 Å². The van der Waals surface area contributed by atoms with Gasteiger partial charge in [-0.25, -0.2) is 18.0 Å². The molecule has 2 aliphatic rings. The smallest absolute Gasteiger partial charge is 0.410 e. The van der Waals surface area contributed by atoms with Gasteiger partial charge < -0.3 is 14.8 Å². The van der Waals surface area contributed by atoms with Gasteiger partial charge in [-0.3, -0.25) is 9.69 Å². The second kappa shape index (κ2) is 10.5. The molecule has 0 aromatic heterocycles. The lowest BCUT2D eigenvalue weighted by Crippen LogP contribution is -2.64. The van der Waals surface area contributed by atoms with Crippen LogP contribution in [0, 0.1) is 17.5 Å². The van der Waals surface area contributed by atoms with Crippen molar-refractivity contribution < 1.29 is 32.2 Å². The number of amides is 2. The Balaban J connectivity index is 1.48. The SMILES string of the molecule is C[C@@H]1CC2(COCC(=O)N2)C(Cc2cccc(-c3cc(F)cc(F)c3)c2F)N1C(=O)OCc1ccccc1. The molecular weight excluding hydrogens is 497 g/mol. The number of rotatable bonds is 5. The van der Waals surface area contributed by atoms with Crippen LogP contribution in [0.25, 0.3) is 11.1 Å². The molecule has 3 aromatic rings. The zero-order valence-corrected chi connectivity index (χ0v) is 20.8. The van der Waals surface area contributed by atoms with E-state index in [-0.39, 0.29) is 54.9 Å². The molecule has 0 aliphatic carbocycles. The topological polar surface area (TPSA) is 67.9 Å². The fourth-order valence-corrected chi connectivity index (χ4v) is 5.57. The summed E-state index contributed by atoms with van der Waals surface area (Å²) in [6, 6.07) is 15.6. The van der Waals surface area contributed by atoms with Gasteiger partial charge in [0.15, 0.2) is 0 Å². The zero-order chi connectivity index (χ0) is 26.9. The molecule has 2 aliphatic heterocycles. The molecule has 198 valence electrons. The minimum Gasteiger partial charge on any atom is -0.445 e. The Labute approximate surface area is 218 Å². The molecule has 0 radical (unpaired) electrons. The van der Waals surface area contributed by atoms with Gasteiger partial charge in [-0.15, -0.1) is 0 Å². The molecule has 38 heavy (non-hydrogen) atoms. The van der Waals surface area contributed by atoms with Crippen molar-refractivity contribution in [1.82, 2.24) is 10.2 Å². The molecule has 2 unspecified atom stereocenters. The van der Waals surface area contributed by atoms with E-state index in [9.17, 15) is 18.4 Å². The predicted molar refractivity (Wildman–Crippen MR) is 133 cm³/mol. The fraction of sp³-hybridized carbons (Fsp3) is 0.310. The van der Waals surface area contributed by atoms with E-state index in [2.05, 4.69) is 5.32 Å². The standard InChI is InChI=1S/C29H27F3N2O4/c1-18-14-29(17-37-16-26(35)33-29)25(34(18)28(36)38-15-19-6-3-2-4-7-19)12-20-8-5-9-24(27(20)32)21-10-22(30)13-23(31)11-21/h2-11,13,18,25H,12,14-17H2,1H3,(H,33,35)/t18-,25?,29?/m1/s1. The van der Waals surface area contributed by atoms with Gasteiger partial charge in [0, 0.05) is 17.7 Å². The lowest BCUT2D eigenvalue weighted by molar-refractivity contribution is -0.136. The van der Waals surface area contributed by atoms with Crippen molar-refractivity contribution in [3.8, 4) is 11.1 Å². The van der Waals surface area contributed by atoms with Crippen LogP contribution in [0.3, 0.4) is 0 Å². The Kier molecular flexibility index (Phi) is 7.12. The van der Waals surface area contributed by atoms with Crippen molar-refractivity contribution >= 4 is 12.0 Å². The molecule has 2 fully saturated rings. The number of ether oxygens (including phenoxy) is 2. The van der Waals surface area contributed by atoms with Crippen LogP contribution in [0.1, 0.15) is 24.5 Å². The summed E-state index contributed by atoms with van der Waals surface area (Å²) in [5.41, 5.74) is 0.182. The van der Waals surface area contributed by atoms with E-state index >= 15 is 4.39 Å². The van der Waals surface area contributed by atoms with Gasteiger partial charge >= 0.3 is 6.09 Å². The van der Waals surface area contributed by atoms with Crippen molar-refractivity contribution in [2.24, 2.45) is 0 Å². The molecular formula is C29H27F3N2O4. The number of benzene rings is 3. The Morgan fingerprint density at radius 1 is 1.08 bits per heavy atom. The maximum Gasteiger partial charge on any atom is 0.410 e. The summed E-state index contributed by atoms with van der Waals surface area (Å²) in [6.45, 7) is 1.94. The average Bonchev–Trinajstić information content (AvgIpc) is 3.13. The molecule has 1 spiro atoms. The number of hydrogen-bond donors (Lipinski definition) is 1. The molecule has 2 heterocycles. The third kappa shape index (κ3) is 5.11. The Hall–Kier alpha value is -3.85. The minimum absolute atomic E-state index is 0.0197. The van der Waals surface area contributed by atoms with Crippen LogP contribution in [0.4, 0.5) is 18.0 Å². The molecule has 3 aromatic carbocycles. The fourth-order valence-electron chi connectivity index (χ4n) is 5.57. The van der Waals surface area contributed by atoms with Crippen LogP contribution in [-0.2, 0) is 27.3 Å². The molecule has 0 saturated carbocycles. The molecule has 5 rings (SSSR count). The largest absolute Gasteiger partial charge is 0.445 e. The van der Waals surface area contributed by atoms with Gasteiger partial charge in [0.1, 0.15) is 30.7 Å². The van der Waals surface area contributed by atoms with Gasteiger partial charge in [-0.05, 0) is 48.6 Å². The summed E-state index contributed by atoms with van der Waals surface area (Å²) < 4.78 is 54.7. The monoisotopic (exact) mass is 524 g/mol. The van der Waals surface area contributed by atoms with E-state index < -0.39 is 35.1 Å². The highest BCUT2D eigenvalue weighted by Crippen LogP contribution is 2.39. The van der Waals surface area contributed by atoms with E-state index in [0.717, 1.165) is 23.8 Å². The normalized spacial score (nSPS) is 22.9. The highest BCUT2D eigenvalue weighted by Gasteiger charge is 2.55. The number of morpholine rings is 1. The summed E-state index contributed by atoms with van der Waals surface area (Å²) in [6.07, 6.45) is -0.182. The molecule has 6 nitrogen and oxygen atoms in total. The van der Waals surface area contributed by atoms with Crippen LogP contribution >= 0.6 is 0 Å². The third-order valence-corrected chi connectivity index (χ3v) is 7.17. The van der Waals surface area contributed by atoms with Crippen molar-refractivity contribution in [1.29, 1.82) is 0 Å². The highest BCUT2D eigenvalue weighted by atomic mass is 19.1. The number of carbonyl (C=O) groups is 2. The minimum atomic E-state index is -0.950. The first-order valence-corrected chi connectivity index (χ1v) is 12.4. The molecule has 3 atom stereocenters. The Morgan fingerprint density at radius 3 is 2.53 bits per heavy atom. The van der Waals surface area contributed by atoms with Crippen LogP contribution < -0.4 is 5.32 Å². The second-order valence-corrected chi connectivity index (χ2v) is 9.85. The summed E-state index contributed by atoms with van der Waals surface area (Å²) in [7, 11) is 0. The Morgan fingerprint density at radius 2 is 1.82 bits per heavy atom. The van der Waals surface area contributed by atoms with Gasteiger partial charge in [-0.2, -0.15) is 0 Å². The van der Waals surface area contributed by atoms with Gasteiger partial charge in [-0.1, -0.05) is 48.5 Å². The number of halogens is 3. The van der Waals surface area contributed by atoms with Crippen molar-refractivity contribution in [2.45, 2.75) is 44.0 Å².